The summed E-state index contributed by atoms with van der Waals surface area (Å²) in [6.07, 6.45) is -7.17. The molecule has 4 atom stereocenters. The number of H-pyrrole nitrogens is 1. The van der Waals surface area contributed by atoms with E-state index in [9.17, 15) is 37.5 Å². The van der Waals surface area contributed by atoms with E-state index < -0.39 is 71.0 Å². The normalized spacial score (nSPS) is 19.6. The minimum atomic E-state index is -4.73. The number of carbonyl (C=O) groups is 3. The number of halogens is 3. The number of aliphatic hydroxyl groups is 1. The Balaban J connectivity index is 1.52. The highest BCUT2D eigenvalue weighted by molar-refractivity contribution is 5.91. The van der Waals surface area contributed by atoms with Gasteiger partial charge in [0.1, 0.15) is 12.9 Å². The monoisotopic (exact) mass is 657 g/mol. The smallest absolute Gasteiger partial charge is 0.416 e. The molecule has 1 aliphatic rings. The molecule has 16 heteroatoms. The van der Waals surface area contributed by atoms with Gasteiger partial charge in [-0.1, -0.05) is 38.1 Å². The van der Waals surface area contributed by atoms with Crippen molar-refractivity contribution in [3.63, 3.8) is 0 Å². The number of aromatic nitrogens is 4. The first kappa shape index (κ1) is 33.3. The van der Waals surface area contributed by atoms with E-state index in [1.165, 1.54) is 23.0 Å². The molecule has 0 saturated carbocycles. The molecule has 0 radical (unpaired) electrons. The van der Waals surface area contributed by atoms with E-state index in [2.05, 4.69) is 20.3 Å². The van der Waals surface area contributed by atoms with Crippen molar-refractivity contribution in [2.24, 2.45) is 11.8 Å². The number of fused-ring (bicyclic) bond motifs is 1. The molecule has 1 amide bonds. The Morgan fingerprint density at radius 2 is 1.81 bits per heavy atom. The van der Waals surface area contributed by atoms with Crippen molar-refractivity contribution >= 4 is 35.0 Å². The van der Waals surface area contributed by atoms with E-state index in [0.717, 1.165) is 18.2 Å². The lowest BCUT2D eigenvalue weighted by molar-refractivity contribution is -0.137. The Bertz CT molecular complexity index is 1830. The van der Waals surface area contributed by atoms with Crippen molar-refractivity contribution in [2.75, 3.05) is 18.5 Å². The van der Waals surface area contributed by atoms with Crippen LogP contribution in [0.4, 0.5) is 19.1 Å². The number of benzene rings is 2. The number of imidazole rings is 1. The van der Waals surface area contributed by atoms with E-state index in [-0.39, 0.29) is 42.3 Å². The van der Waals surface area contributed by atoms with E-state index in [1.54, 1.807) is 32.0 Å². The second-order valence-corrected chi connectivity index (χ2v) is 11.0. The lowest BCUT2D eigenvalue weighted by atomic mass is 9.96. The third kappa shape index (κ3) is 7.33. The van der Waals surface area contributed by atoms with Gasteiger partial charge >= 0.3 is 18.1 Å². The summed E-state index contributed by atoms with van der Waals surface area (Å²) in [5.41, 5.74) is -2.23. The van der Waals surface area contributed by atoms with Gasteiger partial charge in [-0.05, 0) is 36.8 Å². The number of anilines is 1. The van der Waals surface area contributed by atoms with E-state index in [1.807, 2.05) is 0 Å². The van der Waals surface area contributed by atoms with Crippen molar-refractivity contribution in [1.29, 1.82) is 0 Å². The molecule has 1 aliphatic heterocycles. The first-order chi connectivity index (χ1) is 22.4. The summed E-state index contributed by atoms with van der Waals surface area (Å²) in [4.78, 5) is 62.4. The molecular formula is C31H30F3N5O8. The summed E-state index contributed by atoms with van der Waals surface area (Å²) in [7, 11) is 0. The molecule has 0 aliphatic carbocycles. The number of nitrogens with zero attached hydrogens (tertiary/aromatic N) is 3. The predicted octanol–water partition coefficient (Wildman–Crippen LogP) is 3.71. The first-order valence-corrected chi connectivity index (χ1v) is 14.5. The van der Waals surface area contributed by atoms with Crippen molar-refractivity contribution in [3.05, 3.63) is 88.0 Å². The van der Waals surface area contributed by atoms with Crippen molar-refractivity contribution in [1.82, 2.24) is 19.5 Å². The predicted molar refractivity (Wildman–Crippen MR) is 158 cm³/mol. The van der Waals surface area contributed by atoms with Gasteiger partial charge < -0.3 is 19.3 Å². The average molecular weight is 658 g/mol. The van der Waals surface area contributed by atoms with E-state index in [0.29, 0.717) is 6.07 Å². The van der Waals surface area contributed by atoms with Gasteiger partial charge in [-0.15, -0.1) is 0 Å². The number of nitrogens with one attached hydrogen (secondary N) is 2. The number of hydrogen-bond acceptors (Lipinski definition) is 10. The molecule has 1 saturated heterocycles. The van der Waals surface area contributed by atoms with Crippen molar-refractivity contribution in [3.8, 4) is 0 Å². The van der Waals surface area contributed by atoms with Crippen LogP contribution in [-0.4, -0.2) is 67.9 Å². The Labute approximate surface area is 264 Å². The highest BCUT2D eigenvalue weighted by Crippen LogP contribution is 2.40. The first-order valence-electron chi connectivity index (χ1n) is 14.5. The summed E-state index contributed by atoms with van der Waals surface area (Å²) >= 11 is 0. The van der Waals surface area contributed by atoms with Crippen LogP contribution in [0, 0.1) is 11.8 Å². The molecule has 3 N–H and O–H groups in total. The Hall–Kier alpha value is -5.09. The fraction of sp³-hybridized carbons (Fsp3) is 0.355. The summed E-state index contributed by atoms with van der Waals surface area (Å²) < 4.78 is 58.9. The van der Waals surface area contributed by atoms with Gasteiger partial charge in [-0.2, -0.15) is 18.2 Å². The molecule has 0 unspecified atom stereocenters. The zero-order valence-corrected chi connectivity index (χ0v) is 25.1. The van der Waals surface area contributed by atoms with Gasteiger partial charge in [-0.3, -0.25) is 24.5 Å². The quantitative estimate of drug-likeness (QED) is 0.213. The average Bonchev–Trinajstić information content (AvgIpc) is 3.61. The topological polar surface area (TPSA) is 175 Å². The molecule has 4 aromatic rings. The second kappa shape index (κ2) is 13.7. The highest BCUT2D eigenvalue weighted by Gasteiger charge is 2.49. The highest BCUT2D eigenvalue weighted by atomic mass is 19.4. The van der Waals surface area contributed by atoms with E-state index in [4.69, 9.17) is 14.2 Å². The fourth-order valence-electron chi connectivity index (χ4n) is 5.07. The molecule has 3 heterocycles. The number of ether oxygens (including phenoxy) is 3. The maximum Gasteiger partial charge on any atom is 0.416 e. The third-order valence-electron chi connectivity index (χ3n) is 7.47. The summed E-state index contributed by atoms with van der Waals surface area (Å²) in [5, 5.41) is 12.3. The van der Waals surface area contributed by atoms with Gasteiger partial charge in [0.2, 0.25) is 11.9 Å². The summed E-state index contributed by atoms with van der Waals surface area (Å²) in [6.45, 7) is 2.52. The maximum absolute atomic E-state index is 13.4. The molecule has 2 aromatic carbocycles. The van der Waals surface area contributed by atoms with Crippen molar-refractivity contribution < 1.29 is 46.9 Å². The largest absolute Gasteiger partial charge is 0.462 e. The standard InChI is InChI=1S/C31H30F3N5O8/c1-16(2)25(41)37-30-36-24-22(26(42)38-30)39(15-35-24)27-23(47-29(44)18-9-6-10-19(13-18)31(32,33)34)20(21(46-27)11-12-40)14-45-28(43)17-7-4-3-5-8-17/h3-10,13,15-16,20-21,23,27,40H,11-12,14H2,1-2H3,(H2,36,37,38,41,42)/t20-,21-,23-,27-/m1/s1. The fourth-order valence-corrected chi connectivity index (χ4v) is 5.07. The van der Waals surface area contributed by atoms with Crippen LogP contribution >= 0.6 is 0 Å². The molecule has 2 aromatic heterocycles. The minimum absolute atomic E-state index is 0.0196. The van der Waals surface area contributed by atoms with Gasteiger partial charge in [0.25, 0.3) is 5.56 Å². The molecule has 5 rings (SSSR count). The molecular weight excluding hydrogens is 627 g/mol. The number of hydrogen-bond donors (Lipinski definition) is 3. The van der Waals surface area contributed by atoms with Crippen molar-refractivity contribution in [2.45, 2.75) is 44.9 Å². The van der Waals surface area contributed by atoms with Gasteiger partial charge in [0.05, 0.1) is 28.7 Å². The van der Waals surface area contributed by atoms with Crippen LogP contribution in [0.2, 0.25) is 0 Å². The van der Waals surface area contributed by atoms with Gasteiger partial charge in [-0.25, -0.2) is 14.6 Å². The van der Waals surface area contributed by atoms with Crippen LogP contribution in [0.25, 0.3) is 11.2 Å². The number of aliphatic hydroxyl groups excluding tert-OH is 1. The summed E-state index contributed by atoms with van der Waals surface area (Å²) in [5.74, 6) is -3.78. The zero-order chi connectivity index (χ0) is 33.9. The molecule has 47 heavy (non-hydrogen) atoms. The van der Waals surface area contributed by atoms with Crippen LogP contribution in [0.5, 0.6) is 0 Å². The number of aromatic amines is 1. The number of alkyl halides is 3. The number of rotatable bonds is 10. The zero-order valence-electron chi connectivity index (χ0n) is 25.1. The summed E-state index contributed by atoms with van der Waals surface area (Å²) in [6, 6.07) is 11.7. The Morgan fingerprint density at radius 3 is 2.49 bits per heavy atom. The van der Waals surface area contributed by atoms with Crippen LogP contribution < -0.4 is 10.9 Å². The van der Waals surface area contributed by atoms with E-state index >= 15 is 0 Å². The van der Waals surface area contributed by atoms with Gasteiger partial charge in [0, 0.05) is 12.5 Å². The lowest BCUT2D eigenvalue weighted by Gasteiger charge is -2.25. The number of esters is 2. The molecule has 13 nitrogen and oxygen atoms in total. The number of amides is 1. The van der Waals surface area contributed by atoms with Crippen LogP contribution in [0.3, 0.4) is 0 Å². The molecule has 1 fully saturated rings. The molecule has 0 bridgehead atoms. The maximum atomic E-state index is 13.4. The molecule has 0 spiro atoms. The SMILES string of the molecule is CC(C)C(=O)Nc1nc2ncn([C@@H]3O[C@H](CCO)[C@@H](COC(=O)c4ccccc4)[C@H]3OC(=O)c3cccc(C(F)(F)F)c3)c2c(=O)[nH]1. The van der Waals surface area contributed by atoms with Crippen LogP contribution in [-0.2, 0) is 25.2 Å². The van der Waals surface area contributed by atoms with Gasteiger partial charge in [0.15, 0.2) is 23.5 Å². The minimum Gasteiger partial charge on any atom is -0.462 e. The third-order valence-corrected chi connectivity index (χ3v) is 7.47. The molecule has 248 valence electrons. The van der Waals surface area contributed by atoms with Crippen LogP contribution in [0.1, 0.15) is 52.8 Å². The Kier molecular flexibility index (Phi) is 9.72. The van der Waals surface area contributed by atoms with Crippen LogP contribution in [0.15, 0.2) is 65.7 Å². The second-order valence-electron chi connectivity index (χ2n) is 11.0. The lowest BCUT2D eigenvalue weighted by Crippen LogP contribution is -2.36. The Morgan fingerprint density at radius 1 is 1.09 bits per heavy atom. The number of carbonyl (C=O) groups excluding carboxylic acids is 3.